The van der Waals surface area contributed by atoms with Gasteiger partial charge in [-0.3, -0.25) is 19.6 Å². The largest absolute Gasteiger partial charge is 0.464 e. The molecule has 6 rings (SSSR count). The topological polar surface area (TPSA) is 137 Å². The van der Waals surface area contributed by atoms with E-state index in [9.17, 15) is 14.4 Å². The van der Waals surface area contributed by atoms with E-state index in [-0.39, 0.29) is 31.6 Å². The normalized spacial score (nSPS) is 19.9. The third-order valence-electron chi connectivity index (χ3n) is 10.1. The Hall–Kier alpha value is -4.33. The van der Waals surface area contributed by atoms with Gasteiger partial charge < -0.3 is 24.1 Å². The number of hydrogen-bond acceptors (Lipinski definition) is 10. The van der Waals surface area contributed by atoms with Gasteiger partial charge in [0.2, 0.25) is 0 Å². The third-order valence-corrected chi connectivity index (χ3v) is 10.9. The lowest BCUT2D eigenvalue weighted by Crippen LogP contribution is -2.60. The lowest BCUT2D eigenvalue weighted by atomic mass is 9.84. The molecule has 1 aromatic carbocycles. The molecular weight excluding hydrogens is 693 g/mol. The molecule has 0 spiro atoms. The lowest BCUT2D eigenvalue weighted by Gasteiger charge is -2.35. The second kappa shape index (κ2) is 16.4. The molecule has 4 aromatic rings. The van der Waals surface area contributed by atoms with E-state index in [0.29, 0.717) is 43.2 Å². The van der Waals surface area contributed by atoms with Gasteiger partial charge in [-0.05, 0) is 75.3 Å². The molecule has 0 radical (unpaired) electrons. The molecule has 6 bridgehead atoms. The summed E-state index contributed by atoms with van der Waals surface area (Å²) in [6.45, 7) is 14.0. The van der Waals surface area contributed by atoms with Crippen molar-refractivity contribution in [2.75, 3.05) is 26.9 Å². The minimum Gasteiger partial charge on any atom is -0.464 e. The first-order valence-corrected chi connectivity index (χ1v) is 19.5. The number of carbonyl (C=O) groups excluding carboxylic acids is 3. The van der Waals surface area contributed by atoms with Crippen molar-refractivity contribution < 1.29 is 28.6 Å². The fraction of sp³-hybridized carbons (Fsp3) is 0.525. The zero-order chi connectivity index (χ0) is 37.9. The van der Waals surface area contributed by atoms with Crippen LogP contribution in [0.4, 0.5) is 4.79 Å². The van der Waals surface area contributed by atoms with E-state index in [1.807, 2.05) is 18.4 Å². The zero-order valence-electron chi connectivity index (χ0n) is 31.9. The first kappa shape index (κ1) is 38.4. The van der Waals surface area contributed by atoms with Gasteiger partial charge in [-0.15, -0.1) is 11.3 Å². The highest BCUT2D eigenvalue weighted by Crippen LogP contribution is 2.42. The highest BCUT2D eigenvalue weighted by Gasteiger charge is 2.36. The first-order chi connectivity index (χ1) is 25.4. The quantitative estimate of drug-likeness (QED) is 0.186. The first-order valence-electron chi connectivity index (χ1n) is 18.6. The van der Waals surface area contributed by atoms with E-state index in [0.717, 1.165) is 51.2 Å². The summed E-state index contributed by atoms with van der Waals surface area (Å²) in [6, 6.07) is 8.81. The smallest absolute Gasteiger partial charge is 0.407 e. The monoisotopic (exact) mass is 744 g/mol. The summed E-state index contributed by atoms with van der Waals surface area (Å²) in [5.74, 6) is -0.414. The summed E-state index contributed by atoms with van der Waals surface area (Å²) in [6.07, 6.45) is 3.51. The number of aromatic nitrogens is 3. The van der Waals surface area contributed by atoms with Crippen molar-refractivity contribution in [3.63, 3.8) is 0 Å². The number of aryl methyl sites for hydroxylation is 1. The van der Waals surface area contributed by atoms with Crippen molar-refractivity contribution in [1.82, 2.24) is 30.3 Å². The molecule has 0 unspecified atom stereocenters. The number of ether oxygens (including phenoxy) is 3. The number of methoxy groups -OCH3 is 1. The molecule has 3 aromatic heterocycles. The van der Waals surface area contributed by atoms with Crippen molar-refractivity contribution in [1.29, 1.82) is 0 Å². The molecule has 3 atom stereocenters. The van der Waals surface area contributed by atoms with Crippen LogP contribution in [0.2, 0.25) is 0 Å². The van der Waals surface area contributed by atoms with Crippen molar-refractivity contribution in [2.45, 2.75) is 98.4 Å². The van der Waals surface area contributed by atoms with Gasteiger partial charge in [-0.25, -0.2) is 15.2 Å². The number of amides is 2. The van der Waals surface area contributed by atoms with Crippen LogP contribution < -0.4 is 10.7 Å². The van der Waals surface area contributed by atoms with Crippen LogP contribution in [0.1, 0.15) is 83.2 Å². The maximum atomic E-state index is 14.0. The number of cyclic esters (lactones) is 1. The van der Waals surface area contributed by atoms with Crippen molar-refractivity contribution >= 4 is 40.2 Å². The number of hydrogen-bond donors (Lipinski definition) is 2. The van der Waals surface area contributed by atoms with Gasteiger partial charge in [0.25, 0.3) is 5.91 Å². The van der Waals surface area contributed by atoms with E-state index < -0.39 is 29.6 Å². The van der Waals surface area contributed by atoms with Crippen LogP contribution in [0, 0.1) is 11.3 Å². The van der Waals surface area contributed by atoms with Crippen LogP contribution in [-0.4, -0.2) is 76.5 Å². The number of hydrazine groups is 1. The minimum absolute atomic E-state index is 0.162. The summed E-state index contributed by atoms with van der Waals surface area (Å²) in [5.41, 5.74) is 9.50. The fourth-order valence-corrected chi connectivity index (χ4v) is 7.99. The van der Waals surface area contributed by atoms with E-state index in [1.165, 1.54) is 16.3 Å². The second-order valence-corrected chi connectivity index (χ2v) is 16.2. The predicted molar refractivity (Wildman–Crippen MR) is 205 cm³/mol. The highest BCUT2D eigenvalue weighted by molar-refractivity contribution is 7.10. The van der Waals surface area contributed by atoms with Crippen molar-refractivity contribution in [2.24, 2.45) is 11.3 Å². The van der Waals surface area contributed by atoms with E-state index in [1.54, 1.807) is 13.3 Å². The fourth-order valence-electron chi connectivity index (χ4n) is 7.14. The van der Waals surface area contributed by atoms with Crippen LogP contribution in [0.15, 0.2) is 41.9 Å². The van der Waals surface area contributed by atoms with Crippen LogP contribution in [0.25, 0.3) is 33.4 Å². The molecule has 12 nitrogen and oxygen atoms in total. The van der Waals surface area contributed by atoms with Gasteiger partial charge in [0.1, 0.15) is 12.1 Å². The molecule has 284 valence electrons. The van der Waals surface area contributed by atoms with Gasteiger partial charge in [-0.1, -0.05) is 33.8 Å². The number of rotatable bonds is 8. The second-order valence-electron chi connectivity index (χ2n) is 15.2. The Balaban J connectivity index is 1.46. The maximum Gasteiger partial charge on any atom is 0.407 e. The summed E-state index contributed by atoms with van der Waals surface area (Å²) in [7, 11) is 1.69. The number of alkyl carbamates (subject to hydrolysis) is 1. The Bertz CT molecular complexity index is 1950. The van der Waals surface area contributed by atoms with Crippen LogP contribution in [0.5, 0.6) is 0 Å². The van der Waals surface area contributed by atoms with Crippen molar-refractivity contribution in [3.8, 4) is 22.5 Å². The number of esters is 1. The Morgan fingerprint density at radius 2 is 2.02 bits per heavy atom. The maximum absolute atomic E-state index is 14.0. The standard InChI is InChI=1S/C40H52N6O6S/c1-8-45-33-14-13-26-19-28(33)29(36(45)27-11-9-16-41-35(27)25(4)50-7)21-40(5,6)23-52-38(48)30-12-10-17-46(44-30)37(47)31(20-34-42-32(26)22-53-34)43-39(49)51-18-15-24(2)3/h9,11,13-14,16,19,22,24-25,30-31,44H,8,10,12,15,17-18,20-21,23H2,1-7H3,(H,43,49)/t25-,30-,31-/m0/s1. The predicted octanol–water partition coefficient (Wildman–Crippen LogP) is 6.86. The lowest BCUT2D eigenvalue weighted by molar-refractivity contribution is -0.155. The van der Waals surface area contributed by atoms with Crippen LogP contribution in [0.3, 0.4) is 0 Å². The van der Waals surface area contributed by atoms with E-state index in [2.05, 4.69) is 74.2 Å². The minimum atomic E-state index is -0.959. The highest BCUT2D eigenvalue weighted by atomic mass is 32.1. The summed E-state index contributed by atoms with van der Waals surface area (Å²) >= 11 is 1.44. The average Bonchev–Trinajstić information content (AvgIpc) is 3.74. The molecule has 2 aliphatic heterocycles. The number of carbonyl (C=O) groups is 3. The number of benzene rings is 1. The Morgan fingerprint density at radius 3 is 2.77 bits per heavy atom. The molecule has 5 heterocycles. The van der Waals surface area contributed by atoms with Crippen molar-refractivity contribution in [3.05, 3.63) is 58.2 Å². The summed E-state index contributed by atoms with van der Waals surface area (Å²) in [5, 5.41) is 8.00. The Labute approximate surface area is 315 Å². The molecule has 13 heteroatoms. The average molecular weight is 745 g/mol. The van der Waals surface area contributed by atoms with E-state index in [4.69, 9.17) is 24.2 Å². The van der Waals surface area contributed by atoms with Crippen LogP contribution >= 0.6 is 11.3 Å². The molecular formula is C40H52N6O6S. The molecule has 0 saturated carbocycles. The number of fused-ring (bicyclic) bond motifs is 6. The van der Waals surface area contributed by atoms with Gasteiger partial charge in [-0.2, -0.15) is 0 Å². The van der Waals surface area contributed by atoms with Gasteiger partial charge in [0.15, 0.2) is 0 Å². The van der Waals surface area contributed by atoms with Gasteiger partial charge in [0, 0.05) is 65.6 Å². The molecule has 0 aliphatic carbocycles. The zero-order valence-corrected chi connectivity index (χ0v) is 32.7. The number of pyridine rings is 1. The Kier molecular flexibility index (Phi) is 11.9. The molecule has 2 N–H and O–H groups in total. The van der Waals surface area contributed by atoms with Gasteiger partial charge >= 0.3 is 12.1 Å². The summed E-state index contributed by atoms with van der Waals surface area (Å²) in [4.78, 5) is 50.3. The molecule has 2 aliphatic rings. The van der Waals surface area contributed by atoms with Gasteiger partial charge in [0.05, 0.1) is 41.4 Å². The number of nitrogens with one attached hydrogen (secondary N) is 2. The SMILES string of the molecule is CCn1c(-c2cccnc2[C@H](C)OC)c2c3cc(ccc31)-c1csc(n1)C[C@H](NC(=O)OCCC(C)C)C(=O)N1CCC[C@H](N1)C(=O)OCC(C)(C)C2. The van der Waals surface area contributed by atoms with E-state index >= 15 is 0 Å². The Morgan fingerprint density at radius 1 is 1.21 bits per heavy atom. The molecule has 53 heavy (non-hydrogen) atoms. The third kappa shape index (κ3) is 8.58. The molecule has 1 saturated heterocycles. The number of nitrogens with zero attached hydrogens (tertiary/aromatic N) is 4. The molecule has 2 amide bonds. The molecule has 1 fully saturated rings. The number of thiazole rings is 1. The van der Waals surface area contributed by atoms with Crippen LogP contribution in [-0.2, 0) is 43.2 Å². The summed E-state index contributed by atoms with van der Waals surface area (Å²) < 4.78 is 19.6.